The van der Waals surface area contributed by atoms with Crippen molar-refractivity contribution in [2.75, 3.05) is 28.2 Å². The van der Waals surface area contributed by atoms with E-state index >= 15 is 0 Å². The van der Waals surface area contributed by atoms with Crippen LogP contribution in [0.25, 0.3) is 0 Å². The predicted molar refractivity (Wildman–Crippen MR) is 67.7 cm³/mol. The van der Waals surface area contributed by atoms with Crippen LogP contribution in [0, 0.1) is 0 Å². The van der Waals surface area contributed by atoms with Gasteiger partial charge in [0.15, 0.2) is 0 Å². The lowest BCUT2D eigenvalue weighted by molar-refractivity contribution is 0.581. The highest BCUT2D eigenvalue weighted by Gasteiger charge is 2.24. The van der Waals surface area contributed by atoms with Crippen molar-refractivity contribution in [3.8, 4) is 0 Å². The first-order chi connectivity index (χ1) is 6.49. The summed E-state index contributed by atoms with van der Waals surface area (Å²) in [4.78, 5) is 0. The summed E-state index contributed by atoms with van der Waals surface area (Å²) in [7, 11) is 8.20. The van der Waals surface area contributed by atoms with Crippen LogP contribution in [0.5, 0.6) is 0 Å². The summed E-state index contributed by atoms with van der Waals surface area (Å²) in [6.07, 6.45) is -1.72. The van der Waals surface area contributed by atoms with Gasteiger partial charge in [0.1, 0.15) is 6.34 Å². The first-order valence-corrected chi connectivity index (χ1v) is 7.21. The SMILES string of the molecule is CN(C)P(=S)(c1ccccc1)N(C)C. The standard InChI is InChI=1S/C10H17N2PS/c1-11(2)13(14,12(3)4)10-8-6-5-7-9-10/h5-9H,1-4H3. The van der Waals surface area contributed by atoms with Crippen molar-refractivity contribution < 1.29 is 0 Å². The number of rotatable bonds is 3. The van der Waals surface area contributed by atoms with Crippen LogP contribution in [0.2, 0.25) is 0 Å². The minimum atomic E-state index is -1.72. The zero-order valence-electron chi connectivity index (χ0n) is 9.14. The Kier molecular flexibility index (Phi) is 3.85. The van der Waals surface area contributed by atoms with Gasteiger partial charge in [-0.25, -0.2) is 0 Å². The molecule has 0 N–H and O–H groups in total. The lowest BCUT2D eigenvalue weighted by atomic mass is 10.4. The highest BCUT2D eigenvalue weighted by Crippen LogP contribution is 2.48. The van der Waals surface area contributed by atoms with E-state index in [4.69, 9.17) is 11.8 Å². The summed E-state index contributed by atoms with van der Waals surface area (Å²) in [5.74, 6) is 0. The van der Waals surface area contributed by atoms with Crippen molar-refractivity contribution in [1.29, 1.82) is 0 Å². The molecule has 1 rings (SSSR count). The quantitative estimate of drug-likeness (QED) is 0.728. The average molecular weight is 228 g/mol. The van der Waals surface area contributed by atoms with Crippen molar-refractivity contribution in [1.82, 2.24) is 9.34 Å². The molecule has 0 fully saturated rings. The van der Waals surface area contributed by atoms with Gasteiger partial charge in [0.25, 0.3) is 0 Å². The Labute approximate surface area is 91.6 Å². The summed E-state index contributed by atoms with van der Waals surface area (Å²) in [5, 5.41) is 1.24. The van der Waals surface area contributed by atoms with Crippen LogP contribution in [0.1, 0.15) is 0 Å². The molecule has 78 valence electrons. The fourth-order valence-corrected chi connectivity index (χ4v) is 4.01. The van der Waals surface area contributed by atoms with E-state index < -0.39 is 6.34 Å². The molecule has 0 atom stereocenters. The van der Waals surface area contributed by atoms with Crippen LogP contribution in [-0.4, -0.2) is 37.5 Å². The Balaban J connectivity index is 3.21. The topological polar surface area (TPSA) is 6.48 Å². The molecule has 0 radical (unpaired) electrons. The molecule has 0 aliphatic carbocycles. The Morgan fingerprint density at radius 2 is 1.36 bits per heavy atom. The monoisotopic (exact) mass is 228 g/mol. The van der Waals surface area contributed by atoms with Crippen molar-refractivity contribution in [2.45, 2.75) is 0 Å². The zero-order valence-corrected chi connectivity index (χ0v) is 10.8. The smallest absolute Gasteiger partial charge is 0.105 e. The van der Waals surface area contributed by atoms with Gasteiger partial charge in [-0.15, -0.1) is 0 Å². The van der Waals surface area contributed by atoms with Crippen LogP contribution in [0.3, 0.4) is 0 Å². The van der Waals surface area contributed by atoms with Crippen molar-refractivity contribution >= 4 is 23.5 Å². The third kappa shape index (κ3) is 2.06. The Morgan fingerprint density at radius 3 is 1.71 bits per heavy atom. The molecule has 0 bridgehead atoms. The minimum absolute atomic E-state index is 1.24. The normalized spacial score (nSPS) is 12.4. The second-order valence-electron chi connectivity index (χ2n) is 3.57. The van der Waals surface area contributed by atoms with Gasteiger partial charge in [-0.05, 0) is 28.2 Å². The highest BCUT2D eigenvalue weighted by molar-refractivity contribution is 8.15. The fourth-order valence-electron chi connectivity index (χ4n) is 1.44. The number of hydrogen-bond acceptors (Lipinski definition) is 1. The van der Waals surface area contributed by atoms with E-state index in [1.165, 1.54) is 5.30 Å². The summed E-state index contributed by atoms with van der Waals surface area (Å²) in [5.41, 5.74) is 0. The van der Waals surface area contributed by atoms with Crippen LogP contribution < -0.4 is 5.30 Å². The minimum Gasteiger partial charge on any atom is -0.266 e. The van der Waals surface area contributed by atoms with Crippen molar-refractivity contribution in [2.24, 2.45) is 0 Å². The number of hydrogen-bond donors (Lipinski definition) is 0. The molecule has 0 aromatic heterocycles. The molecule has 2 nitrogen and oxygen atoms in total. The van der Waals surface area contributed by atoms with E-state index in [-0.39, 0.29) is 0 Å². The van der Waals surface area contributed by atoms with Gasteiger partial charge in [-0.1, -0.05) is 42.1 Å². The third-order valence-electron chi connectivity index (χ3n) is 2.18. The Morgan fingerprint density at radius 1 is 0.929 bits per heavy atom. The molecular weight excluding hydrogens is 211 g/mol. The molecule has 14 heavy (non-hydrogen) atoms. The summed E-state index contributed by atoms with van der Waals surface area (Å²) >= 11 is 5.78. The molecule has 4 heteroatoms. The lowest BCUT2D eigenvalue weighted by Crippen LogP contribution is -2.28. The first-order valence-electron chi connectivity index (χ1n) is 4.51. The molecule has 0 aliphatic heterocycles. The number of nitrogens with zero attached hydrogens (tertiary/aromatic N) is 2. The van der Waals surface area contributed by atoms with E-state index in [1.54, 1.807) is 0 Å². The molecule has 0 spiro atoms. The molecule has 0 saturated heterocycles. The van der Waals surface area contributed by atoms with Crippen LogP contribution >= 0.6 is 6.34 Å². The largest absolute Gasteiger partial charge is 0.266 e. The van der Waals surface area contributed by atoms with Gasteiger partial charge in [-0.3, -0.25) is 9.34 Å². The van der Waals surface area contributed by atoms with E-state index in [1.807, 2.05) is 46.4 Å². The van der Waals surface area contributed by atoms with E-state index in [0.29, 0.717) is 0 Å². The molecule has 0 amide bonds. The molecule has 0 unspecified atom stereocenters. The lowest BCUT2D eigenvalue weighted by Gasteiger charge is -2.35. The van der Waals surface area contributed by atoms with Crippen molar-refractivity contribution in [3.63, 3.8) is 0 Å². The predicted octanol–water partition coefficient (Wildman–Crippen LogP) is 1.74. The third-order valence-corrected chi connectivity index (χ3v) is 7.91. The zero-order chi connectivity index (χ0) is 10.8. The molecule has 1 aromatic carbocycles. The Bertz CT molecular complexity index is 323. The van der Waals surface area contributed by atoms with E-state index in [9.17, 15) is 0 Å². The van der Waals surface area contributed by atoms with Gasteiger partial charge >= 0.3 is 0 Å². The van der Waals surface area contributed by atoms with Crippen LogP contribution in [0.4, 0.5) is 0 Å². The maximum absolute atomic E-state index is 5.78. The second-order valence-corrected chi connectivity index (χ2v) is 8.31. The average Bonchev–Trinajstić information content (AvgIpc) is 2.17. The molecule has 0 heterocycles. The van der Waals surface area contributed by atoms with Crippen molar-refractivity contribution in [3.05, 3.63) is 30.3 Å². The highest BCUT2D eigenvalue weighted by atomic mass is 32.4. The van der Waals surface area contributed by atoms with E-state index in [0.717, 1.165) is 0 Å². The molecule has 1 aromatic rings. The van der Waals surface area contributed by atoms with Gasteiger partial charge in [0.05, 0.1) is 0 Å². The fraction of sp³-hybridized carbons (Fsp3) is 0.400. The summed E-state index contributed by atoms with van der Waals surface area (Å²) < 4.78 is 4.30. The molecule has 0 saturated carbocycles. The molecular formula is C10H17N2PS. The maximum Gasteiger partial charge on any atom is 0.105 e. The van der Waals surface area contributed by atoms with Gasteiger partial charge < -0.3 is 0 Å². The van der Waals surface area contributed by atoms with Gasteiger partial charge in [0.2, 0.25) is 0 Å². The van der Waals surface area contributed by atoms with E-state index in [2.05, 4.69) is 21.5 Å². The molecule has 0 aliphatic rings. The first kappa shape index (κ1) is 11.9. The van der Waals surface area contributed by atoms with Crippen LogP contribution in [0.15, 0.2) is 30.3 Å². The van der Waals surface area contributed by atoms with Gasteiger partial charge in [0, 0.05) is 5.30 Å². The Hall–Kier alpha value is -0.210. The van der Waals surface area contributed by atoms with Crippen LogP contribution in [-0.2, 0) is 11.8 Å². The summed E-state index contributed by atoms with van der Waals surface area (Å²) in [6, 6.07) is 10.3. The second kappa shape index (κ2) is 4.54. The maximum atomic E-state index is 5.78. The van der Waals surface area contributed by atoms with Gasteiger partial charge in [-0.2, -0.15) is 0 Å². The summed E-state index contributed by atoms with van der Waals surface area (Å²) in [6.45, 7) is 0. The number of benzene rings is 1.